The van der Waals surface area contributed by atoms with E-state index in [2.05, 4.69) is 20.6 Å². The molecule has 0 aromatic carbocycles. The number of carbonyl (C=O) groups is 2. The summed E-state index contributed by atoms with van der Waals surface area (Å²) in [5.41, 5.74) is 1.21. The van der Waals surface area contributed by atoms with E-state index in [1.54, 1.807) is 6.92 Å². The number of thiazole rings is 1. The van der Waals surface area contributed by atoms with Crippen molar-refractivity contribution in [3.8, 4) is 0 Å². The summed E-state index contributed by atoms with van der Waals surface area (Å²) in [7, 11) is 0. The molecule has 9 heteroatoms. The van der Waals surface area contributed by atoms with E-state index in [4.69, 9.17) is 5.11 Å². The monoisotopic (exact) mass is 309 g/mol. The second-order valence-electron chi connectivity index (χ2n) is 4.36. The summed E-state index contributed by atoms with van der Waals surface area (Å²) < 4.78 is 1.21. The van der Waals surface area contributed by atoms with Gasteiger partial charge in [-0.05, 0) is 13.3 Å². The fourth-order valence-corrected chi connectivity index (χ4v) is 2.62. The molecule has 0 aliphatic rings. The Morgan fingerprint density at radius 3 is 2.86 bits per heavy atom. The maximum atomic E-state index is 12.1. The number of amides is 1. The minimum Gasteiger partial charge on any atom is -0.480 e. The summed E-state index contributed by atoms with van der Waals surface area (Å²) in [4.78, 5) is 27.5. The Morgan fingerprint density at radius 2 is 2.24 bits per heavy atom. The summed E-state index contributed by atoms with van der Waals surface area (Å²) in [6.07, 6.45) is 2.29. The van der Waals surface area contributed by atoms with Gasteiger partial charge in [0.15, 0.2) is 0 Å². The Kier molecular flexibility index (Phi) is 4.63. The summed E-state index contributed by atoms with van der Waals surface area (Å²) in [6, 6.07) is 0. The van der Waals surface area contributed by atoms with Crippen molar-refractivity contribution in [3.63, 3.8) is 0 Å². The van der Waals surface area contributed by atoms with Crippen molar-refractivity contribution in [2.75, 3.05) is 0 Å². The molecule has 0 fully saturated rings. The van der Waals surface area contributed by atoms with Crippen molar-refractivity contribution in [1.29, 1.82) is 0 Å². The number of aromatic nitrogens is 4. The molecular weight excluding hydrogens is 294 g/mol. The third-order valence-corrected chi connectivity index (χ3v) is 3.96. The highest BCUT2D eigenvalue weighted by Gasteiger charge is 2.15. The molecule has 2 N–H and O–H groups in total. The van der Waals surface area contributed by atoms with Crippen LogP contribution in [0.4, 0.5) is 0 Å². The Hall–Kier alpha value is -2.29. The van der Waals surface area contributed by atoms with Crippen LogP contribution >= 0.6 is 11.3 Å². The van der Waals surface area contributed by atoms with Crippen molar-refractivity contribution in [2.45, 2.75) is 33.4 Å². The molecule has 0 saturated carbocycles. The van der Waals surface area contributed by atoms with Crippen LogP contribution in [0.2, 0.25) is 0 Å². The van der Waals surface area contributed by atoms with Crippen molar-refractivity contribution in [3.05, 3.63) is 27.5 Å². The van der Waals surface area contributed by atoms with E-state index < -0.39 is 5.97 Å². The van der Waals surface area contributed by atoms with E-state index in [-0.39, 0.29) is 19.0 Å². The van der Waals surface area contributed by atoms with E-state index in [1.165, 1.54) is 22.2 Å². The number of carboxylic acid groups (broad SMARTS) is 1. The minimum atomic E-state index is -0.997. The number of carboxylic acids is 1. The van der Waals surface area contributed by atoms with Crippen LogP contribution in [-0.4, -0.2) is 37.0 Å². The number of rotatable bonds is 6. The summed E-state index contributed by atoms with van der Waals surface area (Å²) in [5.74, 6) is -1.21. The Morgan fingerprint density at radius 1 is 1.48 bits per heavy atom. The molecule has 0 unspecified atom stereocenters. The van der Waals surface area contributed by atoms with Crippen LogP contribution in [-0.2, 0) is 24.3 Å². The van der Waals surface area contributed by atoms with Gasteiger partial charge in [-0.25, -0.2) is 9.67 Å². The van der Waals surface area contributed by atoms with E-state index in [0.29, 0.717) is 16.3 Å². The van der Waals surface area contributed by atoms with Crippen molar-refractivity contribution in [1.82, 2.24) is 25.3 Å². The Bertz CT molecular complexity index is 664. The van der Waals surface area contributed by atoms with Gasteiger partial charge < -0.3 is 10.4 Å². The topological polar surface area (TPSA) is 110 Å². The van der Waals surface area contributed by atoms with Gasteiger partial charge in [0.2, 0.25) is 0 Å². The quantitative estimate of drug-likeness (QED) is 0.809. The van der Waals surface area contributed by atoms with Crippen LogP contribution in [0.5, 0.6) is 0 Å². The van der Waals surface area contributed by atoms with Gasteiger partial charge in [-0.3, -0.25) is 9.59 Å². The lowest BCUT2D eigenvalue weighted by molar-refractivity contribution is -0.137. The molecule has 112 valence electrons. The lowest BCUT2D eigenvalue weighted by Crippen LogP contribution is -2.22. The minimum absolute atomic E-state index is 0.192. The lowest BCUT2D eigenvalue weighted by Gasteiger charge is -2.00. The van der Waals surface area contributed by atoms with Gasteiger partial charge in [0.25, 0.3) is 5.91 Å². The fraction of sp³-hybridized carbons (Fsp3) is 0.417. The van der Waals surface area contributed by atoms with Gasteiger partial charge >= 0.3 is 5.97 Å². The van der Waals surface area contributed by atoms with E-state index in [1.807, 2.05) is 6.92 Å². The van der Waals surface area contributed by atoms with Gasteiger partial charge in [-0.1, -0.05) is 12.1 Å². The molecule has 1 amide bonds. The zero-order valence-electron chi connectivity index (χ0n) is 11.7. The average Bonchev–Trinajstić information content (AvgIpc) is 3.02. The van der Waals surface area contributed by atoms with E-state index in [0.717, 1.165) is 11.4 Å². The van der Waals surface area contributed by atoms with Crippen molar-refractivity contribution < 1.29 is 14.7 Å². The van der Waals surface area contributed by atoms with Crippen molar-refractivity contribution >= 4 is 23.2 Å². The molecule has 0 radical (unpaired) electrons. The number of nitrogens with zero attached hydrogens (tertiary/aromatic N) is 4. The number of hydrogen-bond donors (Lipinski definition) is 2. The predicted octanol–water partition coefficient (Wildman–Crippen LogP) is 0.620. The fourth-order valence-electron chi connectivity index (χ4n) is 1.70. The highest BCUT2D eigenvalue weighted by Crippen LogP contribution is 2.18. The van der Waals surface area contributed by atoms with Crippen molar-refractivity contribution in [2.24, 2.45) is 0 Å². The first kappa shape index (κ1) is 15.1. The molecule has 2 aromatic rings. The smallest absolute Gasteiger partial charge is 0.325 e. The van der Waals surface area contributed by atoms with Gasteiger partial charge in [-0.15, -0.1) is 16.4 Å². The maximum Gasteiger partial charge on any atom is 0.325 e. The number of nitrogens with one attached hydrogen (secondary N) is 1. The first-order chi connectivity index (χ1) is 9.99. The molecule has 8 nitrogen and oxygen atoms in total. The zero-order chi connectivity index (χ0) is 15.4. The summed E-state index contributed by atoms with van der Waals surface area (Å²) >= 11 is 1.37. The highest BCUT2D eigenvalue weighted by atomic mass is 32.1. The van der Waals surface area contributed by atoms with Crippen LogP contribution in [0, 0.1) is 6.92 Å². The third-order valence-electron chi connectivity index (χ3n) is 2.66. The Labute approximate surface area is 124 Å². The molecule has 0 bridgehead atoms. The third kappa shape index (κ3) is 3.85. The number of aryl methyl sites for hydroxylation is 2. The molecule has 0 saturated heterocycles. The van der Waals surface area contributed by atoms with Crippen LogP contribution in [0.15, 0.2) is 6.20 Å². The molecule has 2 rings (SSSR count). The molecular formula is C12H15N5O3S. The predicted molar refractivity (Wildman–Crippen MR) is 75.1 cm³/mol. The molecule has 0 aliphatic carbocycles. The maximum absolute atomic E-state index is 12.1. The van der Waals surface area contributed by atoms with Gasteiger partial charge in [0.1, 0.15) is 17.1 Å². The molecule has 0 spiro atoms. The van der Waals surface area contributed by atoms with Gasteiger partial charge in [-0.2, -0.15) is 0 Å². The zero-order valence-corrected chi connectivity index (χ0v) is 12.5. The van der Waals surface area contributed by atoms with Crippen LogP contribution < -0.4 is 5.32 Å². The Balaban J connectivity index is 1.95. The SMILES string of the molecule is CCc1nc(C)c(C(=O)NCc2cn(CC(=O)O)nn2)s1. The highest BCUT2D eigenvalue weighted by molar-refractivity contribution is 7.13. The number of aliphatic carboxylic acids is 1. The van der Waals surface area contributed by atoms with E-state index >= 15 is 0 Å². The molecule has 2 heterocycles. The standard InChI is InChI=1S/C12H15N5O3S/c1-3-9-14-7(2)11(21-9)12(20)13-4-8-5-17(16-15-8)6-10(18)19/h5H,3-4,6H2,1-2H3,(H,13,20)(H,18,19). The molecule has 21 heavy (non-hydrogen) atoms. The van der Waals surface area contributed by atoms with Crippen LogP contribution in [0.25, 0.3) is 0 Å². The second-order valence-corrected chi connectivity index (χ2v) is 5.44. The van der Waals surface area contributed by atoms with E-state index in [9.17, 15) is 9.59 Å². The number of carbonyl (C=O) groups excluding carboxylic acids is 1. The van der Waals surface area contributed by atoms with Crippen LogP contribution in [0.3, 0.4) is 0 Å². The van der Waals surface area contributed by atoms with Gasteiger partial charge in [0.05, 0.1) is 23.4 Å². The first-order valence-corrected chi connectivity index (χ1v) is 7.16. The molecule has 2 aromatic heterocycles. The lowest BCUT2D eigenvalue weighted by atomic mass is 10.3. The molecule has 0 aliphatic heterocycles. The first-order valence-electron chi connectivity index (χ1n) is 6.35. The second kappa shape index (κ2) is 6.44. The summed E-state index contributed by atoms with van der Waals surface area (Å²) in [6.45, 7) is 3.72. The number of hydrogen-bond acceptors (Lipinski definition) is 6. The molecule has 0 atom stereocenters. The average molecular weight is 309 g/mol. The van der Waals surface area contributed by atoms with Gasteiger partial charge in [0, 0.05) is 0 Å². The van der Waals surface area contributed by atoms with Crippen LogP contribution in [0.1, 0.15) is 33.0 Å². The largest absolute Gasteiger partial charge is 0.480 e. The normalized spacial score (nSPS) is 10.6. The summed E-state index contributed by atoms with van der Waals surface area (Å²) in [5, 5.41) is 19.8.